The number of hydrogen-bond acceptors (Lipinski definition) is 6. The molecule has 0 aliphatic carbocycles. The molecule has 0 saturated carbocycles. The van der Waals surface area contributed by atoms with Crippen LogP contribution in [0.1, 0.15) is 28.4 Å². The minimum Gasteiger partial charge on any atom is -0.465 e. The standard InChI is InChI=1S/C26H25N3O5S2/c1-4-34-23(30)16-29-22-14-17(2)13-18(3)24(22)35-26(29)27-25(31)19-9-8-10-20(15-19)28-36(32,33)21-11-6-5-7-12-21/h5-15,28H,4,16H2,1-3H3. The fraction of sp³-hybridized carbons (Fsp3) is 0.192. The zero-order chi connectivity index (χ0) is 25.9. The number of rotatable bonds is 7. The molecule has 0 bridgehead atoms. The number of fused-ring (bicyclic) bond motifs is 1. The van der Waals surface area contributed by atoms with E-state index in [9.17, 15) is 18.0 Å². The van der Waals surface area contributed by atoms with Gasteiger partial charge in [-0.15, -0.1) is 0 Å². The Labute approximate surface area is 212 Å². The molecule has 0 spiro atoms. The number of ether oxygens (including phenoxy) is 1. The first-order chi connectivity index (χ1) is 17.2. The second-order valence-electron chi connectivity index (χ2n) is 8.12. The first kappa shape index (κ1) is 25.3. The molecule has 3 aromatic carbocycles. The highest BCUT2D eigenvalue weighted by Gasteiger charge is 2.17. The number of anilines is 1. The molecule has 4 aromatic rings. The van der Waals surface area contributed by atoms with Crippen molar-refractivity contribution < 1.29 is 22.7 Å². The molecule has 0 unspecified atom stereocenters. The maximum atomic E-state index is 13.1. The van der Waals surface area contributed by atoms with Crippen LogP contribution in [0.25, 0.3) is 10.2 Å². The number of sulfonamides is 1. The van der Waals surface area contributed by atoms with Crippen LogP contribution in [0, 0.1) is 13.8 Å². The molecule has 0 radical (unpaired) electrons. The predicted octanol–water partition coefficient (Wildman–Crippen LogP) is 4.42. The van der Waals surface area contributed by atoms with Crippen LogP contribution in [-0.2, 0) is 26.1 Å². The summed E-state index contributed by atoms with van der Waals surface area (Å²) in [7, 11) is -3.81. The molecule has 0 fully saturated rings. The molecule has 36 heavy (non-hydrogen) atoms. The highest BCUT2D eigenvalue weighted by atomic mass is 32.2. The molecule has 1 aromatic heterocycles. The van der Waals surface area contributed by atoms with E-state index in [1.54, 1.807) is 47.9 Å². The summed E-state index contributed by atoms with van der Waals surface area (Å²) in [5.41, 5.74) is 3.27. The Morgan fingerprint density at radius 2 is 1.78 bits per heavy atom. The summed E-state index contributed by atoms with van der Waals surface area (Å²) in [4.78, 5) is 30.2. The van der Waals surface area contributed by atoms with Crippen LogP contribution < -0.4 is 9.52 Å². The molecule has 10 heteroatoms. The van der Waals surface area contributed by atoms with Gasteiger partial charge in [-0.2, -0.15) is 4.99 Å². The lowest BCUT2D eigenvalue weighted by Gasteiger charge is -2.09. The summed E-state index contributed by atoms with van der Waals surface area (Å²) in [6.07, 6.45) is 0. The number of carbonyl (C=O) groups excluding carboxylic acids is 2. The molecular weight excluding hydrogens is 498 g/mol. The molecular formula is C26H25N3O5S2. The zero-order valence-electron chi connectivity index (χ0n) is 20.0. The quantitative estimate of drug-likeness (QED) is 0.361. The number of amides is 1. The number of benzene rings is 3. The van der Waals surface area contributed by atoms with Crippen LogP contribution in [0.3, 0.4) is 0 Å². The summed E-state index contributed by atoms with van der Waals surface area (Å²) in [5.74, 6) is -0.989. The fourth-order valence-electron chi connectivity index (χ4n) is 3.77. The largest absolute Gasteiger partial charge is 0.465 e. The zero-order valence-corrected chi connectivity index (χ0v) is 21.7. The Morgan fingerprint density at radius 1 is 1.03 bits per heavy atom. The third-order valence-corrected chi connectivity index (χ3v) is 7.95. The molecule has 186 valence electrons. The van der Waals surface area contributed by atoms with E-state index in [4.69, 9.17) is 4.74 Å². The van der Waals surface area contributed by atoms with Crippen molar-refractivity contribution in [2.75, 3.05) is 11.3 Å². The number of esters is 1. The van der Waals surface area contributed by atoms with E-state index in [1.807, 2.05) is 26.0 Å². The van der Waals surface area contributed by atoms with Gasteiger partial charge in [0.25, 0.3) is 15.9 Å². The molecule has 8 nitrogen and oxygen atoms in total. The van der Waals surface area contributed by atoms with Crippen LogP contribution in [0.4, 0.5) is 5.69 Å². The second-order valence-corrected chi connectivity index (χ2v) is 10.8. The van der Waals surface area contributed by atoms with Gasteiger partial charge in [-0.3, -0.25) is 14.3 Å². The van der Waals surface area contributed by atoms with Crippen molar-refractivity contribution in [3.05, 3.63) is 88.2 Å². The minimum absolute atomic E-state index is 0.0836. The number of hydrogen-bond donors (Lipinski definition) is 1. The molecule has 0 atom stereocenters. The van der Waals surface area contributed by atoms with Crippen LogP contribution in [0.15, 0.2) is 76.6 Å². The van der Waals surface area contributed by atoms with E-state index >= 15 is 0 Å². The summed E-state index contributed by atoms with van der Waals surface area (Å²) in [6, 6.07) is 18.1. The Hall–Kier alpha value is -3.76. The van der Waals surface area contributed by atoms with Crippen molar-refractivity contribution >= 4 is 49.1 Å². The third-order valence-electron chi connectivity index (χ3n) is 5.32. The first-order valence-electron chi connectivity index (χ1n) is 11.2. The molecule has 0 aliphatic rings. The molecule has 1 amide bonds. The van der Waals surface area contributed by atoms with Crippen LogP contribution >= 0.6 is 11.3 Å². The van der Waals surface area contributed by atoms with Gasteiger partial charge in [0, 0.05) is 11.3 Å². The van der Waals surface area contributed by atoms with Gasteiger partial charge in [0.2, 0.25) is 0 Å². The van der Waals surface area contributed by atoms with Gasteiger partial charge in [0.15, 0.2) is 4.80 Å². The van der Waals surface area contributed by atoms with E-state index in [1.165, 1.54) is 29.5 Å². The van der Waals surface area contributed by atoms with Crippen molar-refractivity contribution in [3.63, 3.8) is 0 Å². The highest BCUT2D eigenvalue weighted by molar-refractivity contribution is 7.92. The molecule has 1 heterocycles. The summed E-state index contributed by atoms with van der Waals surface area (Å²) in [6.45, 7) is 5.82. The van der Waals surface area contributed by atoms with E-state index in [2.05, 4.69) is 9.71 Å². The average Bonchev–Trinajstić information content (AvgIpc) is 3.16. The van der Waals surface area contributed by atoms with Crippen molar-refractivity contribution in [2.45, 2.75) is 32.2 Å². The van der Waals surface area contributed by atoms with Gasteiger partial charge in [0.1, 0.15) is 6.54 Å². The maximum Gasteiger partial charge on any atom is 0.326 e. The van der Waals surface area contributed by atoms with E-state index in [0.717, 1.165) is 21.3 Å². The van der Waals surface area contributed by atoms with Gasteiger partial charge in [-0.25, -0.2) is 8.42 Å². The molecule has 0 aliphatic heterocycles. The lowest BCUT2D eigenvalue weighted by molar-refractivity contribution is -0.143. The lowest BCUT2D eigenvalue weighted by atomic mass is 10.1. The lowest BCUT2D eigenvalue weighted by Crippen LogP contribution is -2.23. The molecule has 4 rings (SSSR count). The average molecular weight is 524 g/mol. The second kappa shape index (κ2) is 10.5. The van der Waals surface area contributed by atoms with E-state index in [0.29, 0.717) is 4.80 Å². The number of aromatic nitrogens is 1. The topological polar surface area (TPSA) is 107 Å². The first-order valence-corrected chi connectivity index (χ1v) is 13.5. The molecule has 1 N–H and O–H groups in total. The highest BCUT2D eigenvalue weighted by Crippen LogP contribution is 2.24. The summed E-state index contributed by atoms with van der Waals surface area (Å²) >= 11 is 1.31. The predicted molar refractivity (Wildman–Crippen MR) is 140 cm³/mol. The minimum atomic E-state index is -3.81. The van der Waals surface area contributed by atoms with Crippen molar-refractivity contribution in [1.29, 1.82) is 0 Å². The maximum absolute atomic E-state index is 13.1. The number of carbonyl (C=O) groups is 2. The van der Waals surface area contributed by atoms with E-state index < -0.39 is 21.9 Å². The number of nitrogens with zero attached hydrogens (tertiary/aromatic N) is 2. The fourth-order valence-corrected chi connectivity index (χ4v) is 5.92. The normalized spacial score (nSPS) is 12.0. The number of thiazole rings is 1. The monoisotopic (exact) mass is 523 g/mol. The van der Waals surface area contributed by atoms with Gasteiger partial charge in [-0.1, -0.05) is 41.7 Å². The third kappa shape index (κ3) is 5.55. The van der Waals surface area contributed by atoms with Gasteiger partial charge >= 0.3 is 5.97 Å². The smallest absolute Gasteiger partial charge is 0.326 e. The van der Waals surface area contributed by atoms with E-state index in [-0.39, 0.29) is 29.3 Å². The van der Waals surface area contributed by atoms with Crippen molar-refractivity contribution in [2.24, 2.45) is 4.99 Å². The Morgan fingerprint density at radius 3 is 2.50 bits per heavy atom. The Balaban J connectivity index is 1.72. The number of aryl methyl sites for hydroxylation is 2. The number of nitrogens with one attached hydrogen (secondary N) is 1. The van der Waals surface area contributed by atoms with Crippen LogP contribution in [0.5, 0.6) is 0 Å². The molecule has 0 saturated heterocycles. The van der Waals surface area contributed by atoms with Gasteiger partial charge < -0.3 is 9.30 Å². The SMILES string of the molecule is CCOC(=O)Cn1c(=NC(=O)c2cccc(NS(=O)(=O)c3ccccc3)c2)sc2c(C)cc(C)cc21. The van der Waals surface area contributed by atoms with Crippen molar-refractivity contribution in [3.8, 4) is 0 Å². The van der Waals surface area contributed by atoms with Crippen molar-refractivity contribution in [1.82, 2.24) is 4.57 Å². The van der Waals surface area contributed by atoms with Gasteiger partial charge in [0.05, 0.1) is 21.7 Å². The van der Waals surface area contributed by atoms with Crippen LogP contribution in [-0.4, -0.2) is 31.5 Å². The summed E-state index contributed by atoms with van der Waals surface area (Å²) in [5, 5.41) is 0. The Kier molecular flexibility index (Phi) is 7.37. The summed E-state index contributed by atoms with van der Waals surface area (Å²) < 4.78 is 35.5. The van der Waals surface area contributed by atoms with Crippen LogP contribution in [0.2, 0.25) is 0 Å². The van der Waals surface area contributed by atoms with Gasteiger partial charge in [-0.05, 0) is 68.3 Å². The Bertz CT molecular complexity index is 1620.